The first kappa shape index (κ1) is 21.3. The van der Waals surface area contributed by atoms with Crippen molar-refractivity contribution in [1.29, 1.82) is 10.5 Å². The van der Waals surface area contributed by atoms with Crippen LogP contribution < -0.4 is 15.2 Å². The predicted molar refractivity (Wildman–Crippen MR) is 125 cm³/mol. The van der Waals surface area contributed by atoms with Crippen LogP contribution in [0.4, 0.5) is 5.95 Å². The minimum Gasteiger partial charge on any atom is -0.497 e. The van der Waals surface area contributed by atoms with Crippen LogP contribution in [-0.4, -0.2) is 47.6 Å². The van der Waals surface area contributed by atoms with Crippen molar-refractivity contribution in [3.05, 3.63) is 76.1 Å². The Morgan fingerprint density at radius 3 is 2.26 bits per heavy atom. The number of morpholine rings is 1. The molecule has 34 heavy (non-hydrogen) atoms. The van der Waals surface area contributed by atoms with Gasteiger partial charge in [-0.25, -0.2) is 0 Å². The Morgan fingerprint density at radius 1 is 0.971 bits per heavy atom. The molecule has 1 fully saturated rings. The maximum absolute atomic E-state index is 13.5. The second kappa shape index (κ2) is 8.74. The SMILES string of the molecule is COc1ccc(-c2c(C#N)c(=O)n3nc(N4CCOCC4)n(-c4ccccc4)c3c2C#N)cc1. The Bertz CT molecular complexity index is 1500. The van der Waals surface area contributed by atoms with Crippen molar-refractivity contribution in [3.63, 3.8) is 0 Å². The molecule has 0 amide bonds. The molecular formula is C25H20N6O3. The van der Waals surface area contributed by atoms with E-state index in [4.69, 9.17) is 9.47 Å². The number of hydrogen-bond donors (Lipinski definition) is 0. The molecule has 1 saturated heterocycles. The third-order valence-corrected chi connectivity index (χ3v) is 5.84. The van der Waals surface area contributed by atoms with Gasteiger partial charge in [0.25, 0.3) is 5.56 Å². The van der Waals surface area contributed by atoms with Crippen molar-refractivity contribution in [2.24, 2.45) is 0 Å². The Labute approximate surface area is 195 Å². The number of ether oxygens (including phenoxy) is 2. The van der Waals surface area contributed by atoms with E-state index < -0.39 is 5.56 Å². The van der Waals surface area contributed by atoms with Crippen LogP contribution in [0.3, 0.4) is 0 Å². The molecule has 9 nitrogen and oxygen atoms in total. The summed E-state index contributed by atoms with van der Waals surface area (Å²) < 4.78 is 13.7. The van der Waals surface area contributed by atoms with Gasteiger partial charge in [-0.3, -0.25) is 9.36 Å². The van der Waals surface area contributed by atoms with Crippen LogP contribution in [0.5, 0.6) is 5.75 Å². The number of para-hydroxylation sites is 1. The van der Waals surface area contributed by atoms with Gasteiger partial charge in [0.05, 0.1) is 26.0 Å². The zero-order valence-electron chi connectivity index (χ0n) is 18.4. The van der Waals surface area contributed by atoms with E-state index in [1.807, 2.05) is 41.3 Å². The summed E-state index contributed by atoms with van der Waals surface area (Å²) in [7, 11) is 1.56. The van der Waals surface area contributed by atoms with Gasteiger partial charge in [0.15, 0.2) is 5.65 Å². The molecule has 9 heteroatoms. The lowest BCUT2D eigenvalue weighted by Gasteiger charge is -2.27. The van der Waals surface area contributed by atoms with E-state index in [2.05, 4.69) is 11.2 Å². The maximum atomic E-state index is 13.5. The summed E-state index contributed by atoms with van der Waals surface area (Å²) in [5.74, 6) is 1.14. The maximum Gasteiger partial charge on any atom is 0.291 e. The normalized spacial score (nSPS) is 13.4. The standard InChI is InChI=1S/C25H20N6O3/c1-33-19-9-7-17(8-10-19)22-20(15-26)23-30(18-5-3-2-4-6-18)25(29-11-13-34-14-12-29)28-31(23)24(32)21(22)16-27/h2-10H,11-14H2,1H3. The molecule has 168 valence electrons. The van der Waals surface area contributed by atoms with Gasteiger partial charge in [-0.1, -0.05) is 30.3 Å². The number of benzene rings is 2. The van der Waals surface area contributed by atoms with E-state index in [1.54, 1.807) is 35.9 Å². The highest BCUT2D eigenvalue weighted by atomic mass is 16.5. The third kappa shape index (κ3) is 3.36. The molecule has 2 aromatic heterocycles. The quantitative estimate of drug-likeness (QED) is 0.468. The van der Waals surface area contributed by atoms with Crippen molar-refractivity contribution in [1.82, 2.24) is 14.2 Å². The minimum atomic E-state index is -0.577. The van der Waals surface area contributed by atoms with Crippen molar-refractivity contribution in [2.45, 2.75) is 0 Å². The van der Waals surface area contributed by atoms with E-state index in [0.29, 0.717) is 49.2 Å². The van der Waals surface area contributed by atoms with Crippen LogP contribution >= 0.6 is 0 Å². The Hall–Kier alpha value is -4.60. The molecule has 0 unspecified atom stereocenters. The fourth-order valence-electron chi connectivity index (χ4n) is 4.22. The average Bonchev–Trinajstić information content (AvgIpc) is 3.30. The highest BCUT2D eigenvalue weighted by Crippen LogP contribution is 2.33. The molecule has 2 aromatic carbocycles. The average molecular weight is 452 g/mol. The summed E-state index contributed by atoms with van der Waals surface area (Å²) >= 11 is 0. The van der Waals surface area contributed by atoms with Gasteiger partial charge in [-0.15, -0.1) is 5.10 Å². The number of aromatic nitrogens is 3. The first-order valence-corrected chi connectivity index (χ1v) is 10.7. The second-order valence-corrected chi connectivity index (χ2v) is 7.69. The van der Waals surface area contributed by atoms with Crippen LogP contribution in [0.1, 0.15) is 11.1 Å². The molecule has 0 atom stereocenters. The first-order valence-electron chi connectivity index (χ1n) is 10.7. The summed E-state index contributed by atoms with van der Waals surface area (Å²) in [6.07, 6.45) is 0. The summed E-state index contributed by atoms with van der Waals surface area (Å²) in [4.78, 5) is 15.5. The lowest BCUT2D eigenvalue weighted by Crippen LogP contribution is -2.38. The fourth-order valence-corrected chi connectivity index (χ4v) is 4.22. The van der Waals surface area contributed by atoms with E-state index in [9.17, 15) is 15.3 Å². The molecule has 1 aliphatic heterocycles. The summed E-state index contributed by atoms with van der Waals surface area (Å²) in [5, 5.41) is 24.8. The van der Waals surface area contributed by atoms with Gasteiger partial charge >= 0.3 is 0 Å². The molecule has 0 saturated carbocycles. The molecule has 0 spiro atoms. The van der Waals surface area contributed by atoms with Gasteiger partial charge in [-0.05, 0) is 29.8 Å². The summed E-state index contributed by atoms with van der Waals surface area (Å²) in [6.45, 7) is 2.23. The highest BCUT2D eigenvalue weighted by Gasteiger charge is 2.28. The monoisotopic (exact) mass is 452 g/mol. The van der Waals surface area contributed by atoms with Crippen molar-refractivity contribution in [2.75, 3.05) is 38.3 Å². The Balaban J connectivity index is 1.91. The molecule has 4 aromatic rings. The molecule has 3 heterocycles. The predicted octanol–water partition coefficient (Wildman–Crippen LogP) is 2.74. The van der Waals surface area contributed by atoms with Gasteiger partial charge < -0.3 is 14.4 Å². The Kier molecular flexibility index (Phi) is 5.46. The number of hydrogen-bond acceptors (Lipinski definition) is 7. The zero-order chi connectivity index (χ0) is 23.7. The second-order valence-electron chi connectivity index (χ2n) is 7.69. The molecule has 0 aliphatic carbocycles. The van der Waals surface area contributed by atoms with E-state index in [1.165, 1.54) is 4.52 Å². The highest BCUT2D eigenvalue weighted by molar-refractivity contribution is 5.83. The summed E-state index contributed by atoms with van der Waals surface area (Å²) in [6, 6.07) is 20.6. The number of pyridine rings is 1. The zero-order valence-corrected chi connectivity index (χ0v) is 18.4. The van der Waals surface area contributed by atoms with Crippen LogP contribution in [-0.2, 0) is 4.74 Å². The molecule has 5 rings (SSSR count). The molecule has 0 bridgehead atoms. The number of nitriles is 2. The lowest BCUT2D eigenvalue weighted by atomic mass is 9.97. The molecular weight excluding hydrogens is 432 g/mol. The molecule has 1 aliphatic rings. The molecule has 0 N–H and O–H groups in total. The van der Waals surface area contributed by atoms with Gasteiger partial charge in [0, 0.05) is 18.7 Å². The first-order chi connectivity index (χ1) is 16.7. The van der Waals surface area contributed by atoms with Crippen LogP contribution in [0, 0.1) is 22.7 Å². The van der Waals surface area contributed by atoms with Crippen molar-refractivity contribution < 1.29 is 9.47 Å². The number of fused-ring (bicyclic) bond motifs is 1. The lowest BCUT2D eigenvalue weighted by molar-refractivity contribution is 0.122. The van der Waals surface area contributed by atoms with Crippen LogP contribution in [0.15, 0.2) is 59.4 Å². The van der Waals surface area contributed by atoms with Crippen LogP contribution in [0.25, 0.3) is 22.5 Å². The van der Waals surface area contributed by atoms with E-state index in [0.717, 1.165) is 5.69 Å². The Morgan fingerprint density at radius 2 is 1.65 bits per heavy atom. The summed E-state index contributed by atoms with van der Waals surface area (Å²) in [5.41, 5.74) is 1.39. The number of anilines is 1. The third-order valence-electron chi connectivity index (χ3n) is 5.84. The minimum absolute atomic E-state index is 0.134. The van der Waals surface area contributed by atoms with Crippen molar-refractivity contribution >= 4 is 11.6 Å². The van der Waals surface area contributed by atoms with E-state index >= 15 is 0 Å². The van der Waals surface area contributed by atoms with E-state index in [-0.39, 0.29) is 16.7 Å². The van der Waals surface area contributed by atoms with Gasteiger partial charge in [-0.2, -0.15) is 15.0 Å². The van der Waals surface area contributed by atoms with Gasteiger partial charge in [0.1, 0.15) is 29.0 Å². The molecule has 0 radical (unpaired) electrons. The largest absolute Gasteiger partial charge is 0.497 e. The van der Waals surface area contributed by atoms with Gasteiger partial charge in [0.2, 0.25) is 5.95 Å². The van der Waals surface area contributed by atoms with Crippen molar-refractivity contribution in [3.8, 4) is 34.7 Å². The number of rotatable bonds is 4. The number of methoxy groups -OCH3 is 1. The smallest absolute Gasteiger partial charge is 0.291 e. The fraction of sp³-hybridized carbons (Fsp3) is 0.200. The topological polar surface area (TPSA) is 109 Å². The number of nitrogens with zero attached hydrogens (tertiary/aromatic N) is 6. The van der Waals surface area contributed by atoms with Crippen LogP contribution in [0.2, 0.25) is 0 Å².